The van der Waals surface area contributed by atoms with Gasteiger partial charge in [-0.2, -0.15) is 0 Å². The number of benzene rings is 1. The molecule has 0 aromatic heterocycles. The van der Waals surface area contributed by atoms with Gasteiger partial charge in [0.25, 0.3) is 0 Å². The lowest BCUT2D eigenvalue weighted by molar-refractivity contribution is -0.136. The summed E-state index contributed by atoms with van der Waals surface area (Å²) in [6.45, 7) is 0.746. The third kappa shape index (κ3) is 6.19. The third-order valence-corrected chi connectivity index (χ3v) is 8.10. The van der Waals surface area contributed by atoms with Crippen molar-refractivity contribution in [1.29, 1.82) is 0 Å². The van der Waals surface area contributed by atoms with Crippen molar-refractivity contribution in [3.8, 4) is 5.75 Å². The number of piperidine rings is 1. The molecule has 2 saturated carbocycles. The van der Waals surface area contributed by atoms with Gasteiger partial charge in [0.05, 0.1) is 12.4 Å². The summed E-state index contributed by atoms with van der Waals surface area (Å²) < 4.78 is 31.3. The highest BCUT2D eigenvalue weighted by atomic mass is 32.2. The molecule has 1 aromatic rings. The number of allylic oxidation sites excluding steroid dienone is 1. The summed E-state index contributed by atoms with van der Waals surface area (Å²) in [6, 6.07) is 7.92. The van der Waals surface area contributed by atoms with Crippen LogP contribution in [-0.4, -0.2) is 32.6 Å². The Hall–Kier alpha value is -2.15. The van der Waals surface area contributed by atoms with E-state index in [1.807, 2.05) is 24.3 Å². The van der Waals surface area contributed by atoms with Crippen molar-refractivity contribution in [2.45, 2.75) is 63.2 Å². The standard InChI is InChI=1S/C24H31NO5S/c26-22-11-10-19(23(27)25-22)5-2-1-3-14-31(28,29)17-24(12-13-24)20-6-4-7-21(15-20)30-16-18-8-9-18/h3-4,6-7,14-15,18-19H,1-2,5,8-13,16-17H2,(H,25,26,27)/b14-3+. The Kier molecular flexibility index (Phi) is 6.51. The molecule has 1 atom stereocenters. The van der Waals surface area contributed by atoms with E-state index in [-0.39, 0.29) is 28.9 Å². The molecule has 2 amide bonds. The number of carbonyl (C=O) groups excluding carboxylic acids is 2. The number of hydrogen-bond donors (Lipinski definition) is 1. The van der Waals surface area contributed by atoms with Crippen LogP contribution in [0, 0.1) is 11.8 Å². The van der Waals surface area contributed by atoms with E-state index < -0.39 is 9.84 Å². The molecule has 1 aliphatic heterocycles. The first kappa shape index (κ1) is 22.1. The number of imide groups is 1. The Balaban J connectivity index is 1.26. The Labute approximate surface area is 184 Å². The van der Waals surface area contributed by atoms with Gasteiger partial charge in [0.2, 0.25) is 11.8 Å². The van der Waals surface area contributed by atoms with Crippen LogP contribution in [0.5, 0.6) is 5.75 Å². The maximum atomic E-state index is 12.7. The molecule has 0 bridgehead atoms. The first-order valence-electron chi connectivity index (χ1n) is 11.3. The molecule has 3 fully saturated rings. The van der Waals surface area contributed by atoms with E-state index in [0.29, 0.717) is 31.6 Å². The fourth-order valence-corrected chi connectivity index (χ4v) is 5.98. The Morgan fingerprint density at radius 1 is 1.16 bits per heavy atom. The molecule has 0 radical (unpaired) electrons. The quantitative estimate of drug-likeness (QED) is 0.415. The Bertz CT molecular complexity index is 960. The maximum Gasteiger partial charge on any atom is 0.229 e. The van der Waals surface area contributed by atoms with Crippen LogP contribution in [0.1, 0.15) is 63.4 Å². The maximum absolute atomic E-state index is 12.7. The molecule has 1 aromatic carbocycles. The Morgan fingerprint density at radius 3 is 2.68 bits per heavy atom. The minimum atomic E-state index is -3.32. The largest absolute Gasteiger partial charge is 0.493 e. The monoisotopic (exact) mass is 445 g/mol. The zero-order valence-electron chi connectivity index (χ0n) is 17.8. The van der Waals surface area contributed by atoms with Gasteiger partial charge in [-0.15, -0.1) is 0 Å². The summed E-state index contributed by atoms with van der Waals surface area (Å²) in [5.41, 5.74) is 0.755. The second-order valence-corrected chi connectivity index (χ2v) is 11.2. The van der Waals surface area contributed by atoms with Crippen LogP contribution in [0.15, 0.2) is 35.7 Å². The van der Waals surface area contributed by atoms with Crippen molar-refractivity contribution >= 4 is 21.7 Å². The Morgan fingerprint density at radius 2 is 1.97 bits per heavy atom. The van der Waals surface area contributed by atoms with Gasteiger partial charge in [0, 0.05) is 23.2 Å². The van der Waals surface area contributed by atoms with Gasteiger partial charge >= 0.3 is 0 Å². The highest BCUT2D eigenvalue weighted by Gasteiger charge is 2.47. The molecule has 6 nitrogen and oxygen atoms in total. The smallest absolute Gasteiger partial charge is 0.229 e. The lowest BCUT2D eigenvalue weighted by Gasteiger charge is -2.20. The van der Waals surface area contributed by atoms with Crippen LogP contribution in [0.25, 0.3) is 0 Å². The summed E-state index contributed by atoms with van der Waals surface area (Å²) in [6.07, 6.45) is 8.90. The third-order valence-electron chi connectivity index (χ3n) is 6.54. The van der Waals surface area contributed by atoms with Crippen LogP contribution in [0.2, 0.25) is 0 Å². The number of nitrogens with one attached hydrogen (secondary N) is 1. The lowest BCUT2D eigenvalue weighted by atomic mass is 9.93. The average molecular weight is 446 g/mol. The molecule has 1 heterocycles. The number of sulfone groups is 1. The first-order chi connectivity index (χ1) is 14.9. The van der Waals surface area contributed by atoms with E-state index >= 15 is 0 Å². The molecule has 1 saturated heterocycles. The van der Waals surface area contributed by atoms with Crippen molar-refractivity contribution in [2.24, 2.45) is 11.8 Å². The normalized spacial score (nSPS) is 23.0. The predicted molar refractivity (Wildman–Crippen MR) is 118 cm³/mol. The number of rotatable bonds is 11. The molecule has 1 unspecified atom stereocenters. The molecule has 168 valence electrons. The van der Waals surface area contributed by atoms with Crippen LogP contribution in [0.3, 0.4) is 0 Å². The van der Waals surface area contributed by atoms with Crippen molar-refractivity contribution < 1.29 is 22.7 Å². The van der Waals surface area contributed by atoms with E-state index in [4.69, 9.17) is 4.74 Å². The minimum absolute atomic E-state index is 0.121. The number of ether oxygens (including phenoxy) is 1. The zero-order valence-corrected chi connectivity index (χ0v) is 18.7. The van der Waals surface area contributed by atoms with Gasteiger partial charge in [-0.05, 0) is 75.0 Å². The molecule has 0 spiro atoms. The highest BCUT2D eigenvalue weighted by molar-refractivity contribution is 7.94. The van der Waals surface area contributed by atoms with E-state index in [1.165, 1.54) is 18.2 Å². The fourth-order valence-electron chi connectivity index (χ4n) is 4.23. The summed E-state index contributed by atoms with van der Waals surface area (Å²) in [5, 5.41) is 3.70. The number of amides is 2. The number of unbranched alkanes of at least 4 members (excludes halogenated alkanes) is 1. The lowest BCUT2D eigenvalue weighted by Crippen LogP contribution is -2.40. The van der Waals surface area contributed by atoms with Gasteiger partial charge in [-0.1, -0.05) is 18.2 Å². The number of hydrogen-bond acceptors (Lipinski definition) is 5. The van der Waals surface area contributed by atoms with Crippen LogP contribution < -0.4 is 10.1 Å². The summed E-state index contributed by atoms with van der Waals surface area (Å²) in [4.78, 5) is 23.0. The van der Waals surface area contributed by atoms with Gasteiger partial charge < -0.3 is 4.74 Å². The number of carbonyl (C=O) groups is 2. The van der Waals surface area contributed by atoms with Crippen LogP contribution in [-0.2, 0) is 24.8 Å². The SMILES string of the molecule is O=C1CCC(CCC/C=C/S(=O)(=O)CC2(c3cccc(OCC4CC4)c3)CC2)C(=O)N1. The highest BCUT2D eigenvalue weighted by Crippen LogP contribution is 2.50. The van der Waals surface area contributed by atoms with Crippen molar-refractivity contribution in [3.05, 3.63) is 41.3 Å². The molecule has 3 aliphatic rings. The second kappa shape index (κ2) is 9.15. The minimum Gasteiger partial charge on any atom is -0.493 e. The molecular formula is C24H31NO5S. The molecule has 2 aliphatic carbocycles. The van der Waals surface area contributed by atoms with Crippen molar-refractivity contribution in [1.82, 2.24) is 5.32 Å². The summed E-state index contributed by atoms with van der Waals surface area (Å²) >= 11 is 0. The zero-order chi connectivity index (χ0) is 21.9. The van der Waals surface area contributed by atoms with Crippen molar-refractivity contribution in [3.63, 3.8) is 0 Å². The van der Waals surface area contributed by atoms with Crippen LogP contribution in [0.4, 0.5) is 0 Å². The molecular weight excluding hydrogens is 414 g/mol. The second-order valence-electron chi connectivity index (χ2n) is 9.32. The summed E-state index contributed by atoms with van der Waals surface area (Å²) in [7, 11) is -3.32. The fraction of sp³-hybridized carbons (Fsp3) is 0.583. The molecule has 7 heteroatoms. The van der Waals surface area contributed by atoms with E-state index in [1.54, 1.807) is 6.08 Å². The van der Waals surface area contributed by atoms with Gasteiger partial charge in [0.15, 0.2) is 9.84 Å². The predicted octanol–water partition coefficient (Wildman–Crippen LogP) is 3.66. The first-order valence-corrected chi connectivity index (χ1v) is 13.0. The van der Waals surface area contributed by atoms with Gasteiger partial charge in [-0.25, -0.2) is 8.42 Å². The average Bonchev–Trinajstić information content (AvgIpc) is 3.64. The van der Waals surface area contributed by atoms with E-state index in [0.717, 1.165) is 37.2 Å². The molecule has 4 rings (SSSR count). The topological polar surface area (TPSA) is 89.5 Å². The molecule has 1 N–H and O–H groups in total. The van der Waals surface area contributed by atoms with Crippen molar-refractivity contribution in [2.75, 3.05) is 12.4 Å². The van der Waals surface area contributed by atoms with E-state index in [2.05, 4.69) is 5.32 Å². The van der Waals surface area contributed by atoms with Crippen LogP contribution >= 0.6 is 0 Å². The van der Waals surface area contributed by atoms with Gasteiger partial charge in [0.1, 0.15) is 5.75 Å². The van der Waals surface area contributed by atoms with Gasteiger partial charge in [-0.3, -0.25) is 14.9 Å². The van der Waals surface area contributed by atoms with E-state index in [9.17, 15) is 18.0 Å². The summed E-state index contributed by atoms with van der Waals surface area (Å²) in [5.74, 6) is 1.08. The molecule has 31 heavy (non-hydrogen) atoms.